The molecule has 37 heavy (non-hydrogen) atoms. The van der Waals surface area contributed by atoms with Crippen molar-refractivity contribution in [2.45, 2.75) is 44.4 Å². The number of methoxy groups -OCH3 is 2. The van der Waals surface area contributed by atoms with E-state index in [0.29, 0.717) is 23.7 Å². The van der Waals surface area contributed by atoms with E-state index in [4.69, 9.17) is 18.9 Å². The van der Waals surface area contributed by atoms with Gasteiger partial charge in [0.15, 0.2) is 0 Å². The largest absolute Gasteiger partial charge is 0.497 e. The minimum absolute atomic E-state index is 0.105. The van der Waals surface area contributed by atoms with Crippen molar-refractivity contribution >= 4 is 26.0 Å². The number of rotatable bonds is 13. The second-order valence-electron chi connectivity index (χ2n) is 8.88. The molecule has 0 fully saturated rings. The van der Waals surface area contributed by atoms with Gasteiger partial charge >= 0.3 is 0 Å². The van der Waals surface area contributed by atoms with Crippen LogP contribution in [0.5, 0.6) is 11.5 Å². The zero-order chi connectivity index (χ0) is 27.1. The van der Waals surface area contributed by atoms with E-state index in [1.807, 2.05) is 69.3 Å². The predicted molar refractivity (Wildman–Crippen MR) is 147 cm³/mol. The van der Waals surface area contributed by atoms with Gasteiger partial charge in [0.25, 0.3) is 0 Å². The molecule has 3 aromatic carbocycles. The van der Waals surface area contributed by atoms with Gasteiger partial charge < -0.3 is 18.9 Å². The lowest BCUT2D eigenvalue weighted by Gasteiger charge is -2.28. The molecule has 0 N–H and O–H groups in total. The van der Waals surface area contributed by atoms with E-state index in [2.05, 4.69) is 15.9 Å². The highest BCUT2D eigenvalue weighted by molar-refractivity contribution is 9.10. The Morgan fingerprint density at radius 1 is 0.838 bits per heavy atom. The van der Waals surface area contributed by atoms with Crippen LogP contribution in [0.1, 0.15) is 37.5 Å². The summed E-state index contributed by atoms with van der Waals surface area (Å²) >= 11 is 3.56. The number of nitrogens with zero attached hydrogens (tertiary/aromatic N) is 1. The Hall–Kier alpha value is -2.43. The summed E-state index contributed by atoms with van der Waals surface area (Å²) in [5, 5.41) is 0. The third-order valence-electron chi connectivity index (χ3n) is 5.97. The minimum Gasteiger partial charge on any atom is -0.497 e. The SMILES string of the molecule is CCOCOC(C)(C)c1cc(S(=O)(=O)N(Cc2ccc(OC)cc2)Cc2ccc(OC)cc2)ccc1Br. The van der Waals surface area contributed by atoms with Gasteiger partial charge in [-0.3, -0.25) is 0 Å². The van der Waals surface area contributed by atoms with Crippen LogP contribution < -0.4 is 9.47 Å². The molecule has 9 heteroatoms. The molecule has 0 unspecified atom stereocenters. The molecule has 0 aliphatic carbocycles. The van der Waals surface area contributed by atoms with E-state index < -0.39 is 15.6 Å². The van der Waals surface area contributed by atoms with Gasteiger partial charge in [0.1, 0.15) is 18.3 Å². The molecule has 0 aromatic heterocycles. The molecular weight excluding hydrogens is 558 g/mol. The molecule has 7 nitrogen and oxygen atoms in total. The highest BCUT2D eigenvalue weighted by Crippen LogP contribution is 2.34. The van der Waals surface area contributed by atoms with E-state index in [-0.39, 0.29) is 24.8 Å². The standard InChI is InChI=1S/C28H34BrNO6S/c1-6-35-20-36-28(2,3)26-17-25(15-16-27(26)29)37(31,32)30(18-21-7-11-23(33-4)12-8-21)19-22-9-13-24(34-5)14-10-22/h7-17H,6,18-20H2,1-5H3. The van der Waals surface area contributed by atoms with Crippen molar-refractivity contribution in [1.29, 1.82) is 0 Å². The van der Waals surface area contributed by atoms with Gasteiger partial charge in [0.2, 0.25) is 10.0 Å². The fourth-order valence-corrected chi connectivity index (χ4v) is 5.89. The van der Waals surface area contributed by atoms with E-state index in [0.717, 1.165) is 15.6 Å². The van der Waals surface area contributed by atoms with Gasteiger partial charge in [-0.15, -0.1) is 0 Å². The predicted octanol–water partition coefficient (Wildman–Crippen LogP) is 6.10. The second kappa shape index (κ2) is 12.9. The Labute approximate surface area is 228 Å². The molecule has 0 aliphatic heterocycles. The number of benzene rings is 3. The first-order valence-corrected chi connectivity index (χ1v) is 14.1. The maximum absolute atomic E-state index is 14.0. The number of hydrogen-bond acceptors (Lipinski definition) is 6. The summed E-state index contributed by atoms with van der Waals surface area (Å²) in [6, 6.07) is 19.8. The molecule has 0 saturated carbocycles. The van der Waals surface area contributed by atoms with Crippen LogP contribution in [0.15, 0.2) is 76.1 Å². The third kappa shape index (κ3) is 7.55. The average Bonchev–Trinajstić information content (AvgIpc) is 2.89. The average molecular weight is 593 g/mol. The summed E-state index contributed by atoms with van der Waals surface area (Å²) in [6.45, 7) is 6.66. The molecule has 0 saturated heterocycles. The molecule has 3 aromatic rings. The zero-order valence-corrected chi connectivity index (χ0v) is 24.3. The number of halogens is 1. The molecule has 0 heterocycles. The van der Waals surface area contributed by atoms with Crippen LogP contribution in [0.4, 0.5) is 0 Å². The van der Waals surface area contributed by atoms with Crippen LogP contribution >= 0.6 is 15.9 Å². The normalized spacial score (nSPS) is 12.1. The number of hydrogen-bond donors (Lipinski definition) is 0. The molecule has 0 spiro atoms. The Morgan fingerprint density at radius 2 is 1.35 bits per heavy atom. The number of ether oxygens (including phenoxy) is 4. The van der Waals surface area contributed by atoms with Crippen LogP contribution in [0.25, 0.3) is 0 Å². The molecule has 200 valence electrons. The Balaban J connectivity index is 1.99. The summed E-state index contributed by atoms with van der Waals surface area (Å²) in [4.78, 5) is 0.181. The summed E-state index contributed by atoms with van der Waals surface area (Å²) < 4.78 is 52.1. The lowest BCUT2D eigenvalue weighted by atomic mass is 9.98. The number of sulfonamides is 1. The van der Waals surface area contributed by atoms with Crippen molar-refractivity contribution in [3.8, 4) is 11.5 Å². The van der Waals surface area contributed by atoms with Crippen LogP contribution in [0.2, 0.25) is 0 Å². The lowest BCUT2D eigenvalue weighted by molar-refractivity contribution is -0.129. The maximum atomic E-state index is 14.0. The highest BCUT2D eigenvalue weighted by Gasteiger charge is 2.30. The molecule has 0 radical (unpaired) electrons. The first-order chi connectivity index (χ1) is 17.6. The van der Waals surface area contributed by atoms with Gasteiger partial charge in [-0.2, -0.15) is 4.31 Å². The van der Waals surface area contributed by atoms with Crippen LogP contribution in [-0.4, -0.2) is 40.3 Å². The molecule has 0 aliphatic rings. The van der Waals surface area contributed by atoms with E-state index in [9.17, 15) is 8.42 Å². The van der Waals surface area contributed by atoms with Gasteiger partial charge in [-0.25, -0.2) is 8.42 Å². The third-order valence-corrected chi connectivity index (χ3v) is 8.45. The van der Waals surface area contributed by atoms with Crippen molar-refractivity contribution in [3.63, 3.8) is 0 Å². The Kier molecular flexibility index (Phi) is 10.1. The van der Waals surface area contributed by atoms with E-state index >= 15 is 0 Å². The van der Waals surface area contributed by atoms with Gasteiger partial charge in [-0.05, 0) is 79.9 Å². The summed E-state index contributed by atoms with van der Waals surface area (Å²) in [6.07, 6.45) is 0. The molecule has 0 amide bonds. The summed E-state index contributed by atoms with van der Waals surface area (Å²) in [5.74, 6) is 1.42. The molecular formula is C28H34BrNO6S. The van der Waals surface area contributed by atoms with Gasteiger partial charge in [-0.1, -0.05) is 40.2 Å². The first kappa shape index (κ1) is 29.1. The fraction of sp³-hybridized carbons (Fsp3) is 0.357. The van der Waals surface area contributed by atoms with E-state index in [1.165, 1.54) is 4.31 Å². The molecule has 0 atom stereocenters. The maximum Gasteiger partial charge on any atom is 0.243 e. The lowest BCUT2D eigenvalue weighted by Crippen LogP contribution is -2.31. The van der Waals surface area contributed by atoms with E-state index in [1.54, 1.807) is 32.4 Å². The summed E-state index contributed by atoms with van der Waals surface area (Å²) in [5.41, 5.74) is 1.62. The zero-order valence-electron chi connectivity index (χ0n) is 21.9. The van der Waals surface area contributed by atoms with Crippen molar-refractivity contribution in [3.05, 3.63) is 87.9 Å². The minimum atomic E-state index is -3.89. The van der Waals surface area contributed by atoms with Crippen molar-refractivity contribution < 1.29 is 27.4 Å². The highest BCUT2D eigenvalue weighted by atomic mass is 79.9. The van der Waals surface area contributed by atoms with Gasteiger partial charge in [0, 0.05) is 24.2 Å². The fourth-order valence-electron chi connectivity index (χ4n) is 3.72. The Bertz CT molecular complexity index is 1210. The van der Waals surface area contributed by atoms with Crippen LogP contribution in [0.3, 0.4) is 0 Å². The first-order valence-electron chi connectivity index (χ1n) is 11.9. The van der Waals surface area contributed by atoms with Crippen LogP contribution in [0, 0.1) is 0 Å². The molecule has 0 bridgehead atoms. The van der Waals surface area contributed by atoms with Gasteiger partial charge in [0.05, 0.1) is 24.7 Å². The monoisotopic (exact) mass is 591 g/mol. The summed E-state index contributed by atoms with van der Waals surface area (Å²) in [7, 11) is -0.696. The van der Waals surface area contributed by atoms with Crippen molar-refractivity contribution in [1.82, 2.24) is 4.31 Å². The quantitative estimate of drug-likeness (QED) is 0.176. The smallest absolute Gasteiger partial charge is 0.243 e. The van der Waals surface area contributed by atoms with Crippen LogP contribution in [-0.2, 0) is 38.2 Å². The Morgan fingerprint density at radius 3 is 1.81 bits per heavy atom. The second-order valence-corrected chi connectivity index (χ2v) is 11.7. The molecule has 3 rings (SSSR count). The van der Waals surface area contributed by atoms with Crippen molar-refractivity contribution in [2.75, 3.05) is 27.6 Å². The van der Waals surface area contributed by atoms with Crippen molar-refractivity contribution in [2.24, 2.45) is 0 Å². The topological polar surface area (TPSA) is 74.3 Å².